The number of aromatic nitrogens is 3. The number of rotatable bonds is 6. The van der Waals surface area contributed by atoms with Gasteiger partial charge in [0.1, 0.15) is 0 Å². The van der Waals surface area contributed by atoms with Crippen LogP contribution in [0.4, 0.5) is 0 Å². The normalized spacial score (nSPS) is 11.8. The highest BCUT2D eigenvalue weighted by molar-refractivity contribution is 7.89. The van der Waals surface area contributed by atoms with Gasteiger partial charge >= 0.3 is 5.69 Å². The lowest BCUT2D eigenvalue weighted by Gasteiger charge is -2.06. The molecule has 7 nitrogen and oxygen atoms in total. The Morgan fingerprint density at radius 1 is 1.09 bits per heavy atom. The van der Waals surface area contributed by atoms with Crippen LogP contribution in [-0.4, -0.2) is 29.9 Å². The molecule has 0 radical (unpaired) electrons. The molecule has 0 unspecified atom stereocenters. The molecule has 0 aliphatic rings. The van der Waals surface area contributed by atoms with E-state index in [-0.39, 0.29) is 10.6 Å². The third-order valence-corrected chi connectivity index (χ3v) is 4.88. The third kappa shape index (κ3) is 3.66. The number of aryl methyl sites for hydroxylation is 1. The van der Waals surface area contributed by atoms with E-state index in [0.29, 0.717) is 30.4 Å². The SMILES string of the molecule is O=c1[nH]c2ccc(S(=O)(=O)NCCCc3ccccn3)cc2[nH]1. The zero-order chi connectivity index (χ0) is 16.3. The highest BCUT2D eigenvalue weighted by atomic mass is 32.2. The summed E-state index contributed by atoms with van der Waals surface area (Å²) in [5.74, 6) is 0. The maximum atomic E-state index is 12.3. The molecule has 3 rings (SSSR count). The minimum atomic E-state index is -3.60. The molecular formula is C15H16N4O3S. The predicted octanol–water partition coefficient (Wildman–Crippen LogP) is 1.16. The number of imidazole rings is 1. The smallest absolute Gasteiger partial charge is 0.306 e. The Kier molecular flexibility index (Phi) is 4.26. The van der Waals surface area contributed by atoms with E-state index in [2.05, 4.69) is 19.7 Å². The van der Waals surface area contributed by atoms with Gasteiger partial charge in [0, 0.05) is 18.4 Å². The lowest BCUT2D eigenvalue weighted by atomic mass is 10.2. The Hall–Kier alpha value is -2.45. The minimum Gasteiger partial charge on any atom is -0.306 e. The summed E-state index contributed by atoms with van der Waals surface area (Å²) < 4.78 is 27.1. The van der Waals surface area contributed by atoms with Crippen LogP contribution in [0.15, 0.2) is 52.3 Å². The maximum Gasteiger partial charge on any atom is 0.323 e. The van der Waals surface area contributed by atoms with Crippen molar-refractivity contribution >= 4 is 21.1 Å². The van der Waals surface area contributed by atoms with Gasteiger partial charge in [0.2, 0.25) is 10.0 Å². The van der Waals surface area contributed by atoms with Crippen LogP contribution < -0.4 is 10.4 Å². The van der Waals surface area contributed by atoms with Gasteiger partial charge in [-0.25, -0.2) is 17.9 Å². The Bertz CT molecular complexity index is 961. The van der Waals surface area contributed by atoms with Crippen LogP contribution in [0.3, 0.4) is 0 Å². The third-order valence-electron chi connectivity index (χ3n) is 3.43. The fourth-order valence-corrected chi connectivity index (χ4v) is 3.38. The van der Waals surface area contributed by atoms with Crippen molar-refractivity contribution in [3.63, 3.8) is 0 Å². The summed E-state index contributed by atoms with van der Waals surface area (Å²) in [7, 11) is -3.60. The van der Waals surface area contributed by atoms with Crippen molar-refractivity contribution in [3.05, 3.63) is 58.8 Å². The topological polar surface area (TPSA) is 108 Å². The van der Waals surface area contributed by atoms with E-state index >= 15 is 0 Å². The molecule has 2 aromatic heterocycles. The van der Waals surface area contributed by atoms with Crippen LogP contribution in [-0.2, 0) is 16.4 Å². The van der Waals surface area contributed by atoms with Crippen LogP contribution in [0.2, 0.25) is 0 Å². The summed E-state index contributed by atoms with van der Waals surface area (Å²) in [5.41, 5.74) is 1.60. The number of fused-ring (bicyclic) bond motifs is 1. The number of nitrogens with zero attached hydrogens (tertiary/aromatic N) is 1. The Balaban J connectivity index is 1.64. The summed E-state index contributed by atoms with van der Waals surface area (Å²) in [5, 5.41) is 0. The van der Waals surface area contributed by atoms with Crippen LogP contribution >= 0.6 is 0 Å². The van der Waals surface area contributed by atoms with E-state index in [1.165, 1.54) is 12.1 Å². The van der Waals surface area contributed by atoms with E-state index in [4.69, 9.17) is 0 Å². The standard InChI is InChI=1S/C15H16N4O3S/c20-15-18-13-7-6-12(10-14(13)19-15)23(21,22)17-9-3-5-11-4-1-2-8-16-11/h1-2,4,6-8,10,17H,3,5,9H2,(H2,18,19,20). The molecule has 1 aromatic carbocycles. The molecule has 0 bridgehead atoms. The van der Waals surface area contributed by atoms with Gasteiger partial charge in [0.25, 0.3) is 0 Å². The van der Waals surface area contributed by atoms with Gasteiger partial charge in [-0.2, -0.15) is 0 Å². The number of hydrogen-bond acceptors (Lipinski definition) is 4. The summed E-state index contributed by atoms with van der Waals surface area (Å²) in [6, 6.07) is 10.1. The van der Waals surface area contributed by atoms with Gasteiger partial charge in [-0.3, -0.25) is 4.98 Å². The van der Waals surface area contributed by atoms with Gasteiger partial charge in [-0.1, -0.05) is 6.07 Å². The zero-order valence-corrected chi connectivity index (χ0v) is 13.1. The van der Waals surface area contributed by atoms with Crippen molar-refractivity contribution in [1.82, 2.24) is 19.7 Å². The van der Waals surface area contributed by atoms with E-state index < -0.39 is 10.0 Å². The first-order valence-electron chi connectivity index (χ1n) is 7.16. The highest BCUT2D eigenvalue weighted by Gasteiger charge is 2.14. The molecule has 2 heterocycles. The number of H-pyrrole nitrogens is 2. The highest BCUT2D eigenvalue weighted by Crippen LogP contribution is 2.14. The monoisotopic (exact) mass is 332 g/mol. The van der Waals surface area contributed by atoms with E-state index in [0.717, 1.165) is 5.69 Å². The second kappa shape index (κ2) is 6.35. The van der Waals surface area contributed by atoms with Gasteiger partial charge in [0.15, 0.2) is 0 Å². The number of sulfonamides is 1. The fraction of sp³-hybridized carbons (Fsp3) is 0.200. The zero-order valence-electron chi connectivity index (χ0n) is 12.2. The first kappa shape index (κ1) is 15.4. The minimum absolute atomic E-state index is 0.123. The molecule has 0 atom stereocenters. The van der Waals surface area contributed by atoms with Crippen molar-refractivity contribution in [2.45, 2.75) is 17.7 Å². The van der Waals surface area contributed by atoms with Gasteiger partial charge in [-0.05, 0) is 43.2 Å². The molecule has 0 fully saturated rings. The Morgan fingerprint density at radius 3 is 2.70 bits per heavy atom. The lowest BCUT2D eigenvalue weighted by Crippen LogP contribution is -2.25. The second-order valence-corrected chi connectivity index (χ2v) is 6.88. The van der Waals surface area contributed by atoms with Crippen molar-refractivity contribution in [2.24, 2.45) is 0 Å². The largest absolute Gasteiger partial charge is 0.323 e. The summed E-state index contributed by atoms with van der Waals surface area (Å²) >= 11 is 0. The molecule has 8 heteroatoms. The average molecular weight is 332 g/mol. The molecule has 0 amide bonds. The maximum absolute atomic E-state index is 12.3. The first-order valence-corrected chi connectivity index (χ1v) is 8.64. The molecule has 0 spiro atoms. The summed E-state index contributed by atoms with van der Waals surface area (Å²) in [4.78, 5) is 20.7. The lowest BCUT2D eigenvalue weighted by molar-refractivity contribution is 0.579. The van der Waals surface area contributed by atoms with E-state index in [9.17, 15) is 13.2 Å². The van der Waals surface area contributed by atoms with Crippen LogP contribution in [0.25, 0.3) is 11.0 Å². The number of aromatic amines is 2. The predicted molar refractivity (Wildman–Crippen MR) is 86.7 cm³/mol. The van der Waals surface area contributed by atoms with Crippen molar-refractivity contribution in [2.75, 3.05) is 6.54 Å². The number of nitrogens with one attached hydrogen (secondary N) is 3. The van der Waals surface area contributed by atoms with Gasteiger partial charge in [0.05, 0.1) is 15.9 Å². The second-order valence-electron chi connectivity index (χ2n) is 5.11. The number of benzene rings is 1. The Morgan fingerprint density at radius 2 is 1.91 bits per heavy atom. The molecule has 3 N–H and O–H groups in total. The van der Waals surface area contributed by atoms with Crippen LogP contribution in [0.1, 0.15) is 12.1 Å². The fourth-order valence-electron chi connectivity index (χ4n) is 2.28. The van der Waals surface area contributed by atoms with Crippen molar-refractivity contribution in [1.29, 1.82) is 0 Å². The molecule has 23 heavy (non-hydrogen) atoms. The average Bonchev–Trinajstić information content (AvgIpc) is 2.92. The van der Waals surface area contributed by atoms with Crippen LogP contribution in [0, 0.1) is 0 Å². The number of hydrogen-bond donors (Lipinski definition) is 3. The quantitative estimate of drug-likeness (QED) is 0.589. The summed E-state index contributed by atoms with van der Waals surface area (Å²) in [6.45, 7) is 0.320. The van der Waals surface area contributed by atoms with E-state index in [1.54, 1.807) is 12.3 Å². The Labute approximate surface area is 132 Å². The summed E-state index contributed by atoms with van der Waals surface area (Å²) in [6.07, 6.45) is 3.07. The molecule has 0 saturated carbocycles. The number of pyridine rings is 1. The first-order chi connectivity index (χ1) is 11.0. The molecular weight excluding hydrogens is 316 g/mol. The molecule has 120 valence electrons. The molecule has 0 aliphatic heterocycles. The molecule has 0 aliphatic carbocycles. The van der Waals surface area contributed by atoms with E-state index in [1.807, 2.05) is 18.2 Å². The van der Waals surface area contributed by atoms with Gasteiger partial charge < -0.3 is 9.97 Å². The van der Waals surface area contributed by atoms with Crippen molar-refractivity contribution < 1.29 is 8.42 Å². The molecule has 3 aromatic rings. The van der Waals surface area contributed by atoms with Gasteiger partial charge in [-0.15, -0.1) is 0 Å². The van der Waals surface area contributed by atoms with Crippen LogP contribution in [0.5, 0.6) is 0 Å². The molecule has 0 saturated heterocycles. The van der Waals surface area contributed by atoms with Crippen molar-refractivity contribution in [3.8, 4) is 0 Å².